The molecule has 4 N–H and O–H groups in total. The molecule has 0 radical (unpaired) electrons. The molecule has 0 amide bonds. The van der Waals surface area contributed by atoms with Gasteiger partial charge in [0.05, 0.1) is 4.92 Å². The van der Waals surface area contributed by atoms with E-state index >= 15 is 0 Å². The summed E-state index contributed by atoms with van der Waals surface area (Å²) in [5.74, 6) is 0.222. The third-order valence-corrected chi connectivity index (χ3v) is 3.47. The molecule has 0 saturated heterocycles. The van der Waals surface area contributed by atoms with Gasteiger partial charge in [-0.15, -0.1) is 0 Å². The average molecular weight is 294 g/mol. The molecule has 1 aromatic rings. The van der Waals surface area contributed by atoms with Gasteiger partial charge in [0.15, 0.2) is 0 Å². The quantitative estimate of drug-likeness (QED) is 0.169. The Labute approximate surface area is 124 Å². The maximum atomic E-state index is 10.5. The minimum absolute atomic E-state index is 0.104. The van der Waals surface area contributed by atoms with Crippen LogP contribution in [0, 0.1) is 15.5 Å². The molecule has 0 aromatic heterocycles. The molecule has 21 heavy (non-hydrogen) atoms. The van der Waals surface area contributed by atoms with Crippen LogP contribution >= 0.6 is 0 Å². The van der Waals surface area contributed by atoms with Gasteiger partial charge in [0, 0.05) is 17.5 Å². The van der Waals surface area contributed by atoms with Crippen molar-refractivity contribution in [2.45, 2.75) is 26.7 Å². The molecular weight excluding hydrogens is 272 g/mol. The number of nitrogens with two attached hydrogens (primary N) is 1. The fourth-order valence-electron chi connectivity index (χ4n) is 1.81. The Morgan fingerprint density at radius 1 is 1.38 bits per heavy atom. The van der Waals surface area contributed by atoms with Crippen molar-refractivity contribution in [3.05, 3.63) is 39.9 Å². The predicted octanol–water partition coefficient (Wildman–Crippen LogP) is 1.89. The van der Waals surface area contributed by atoms with E-state index in [4.69, 9.17) is 10.9 Å². The minimum atomic E-state index is -0.406. The van der Waals surface area contributed by atoms with Crippen LogP contribution in [0.2, 0.25) is 0 Å². The van der Waals surface area contributed by atoms with Crippen LogP contribution in [0.4, 0.5) is 5.69 Å². The number of hydrogen-bond donors (Lipinski definition) is 3. The number of nitrogens with one attached hydrogen (secondary N) is 1. The first-order chi connectivity index (χ1) is 9.86. The monoisotopic (exact) mass is 294 g/mol. The molecule has 0 saturated carbocycles. The Morgan fingerprint density at radius 2 is 2.00 bits per heavy atom. The molecule has 0 fully saturated rings. The van der Waals surface area contributed by atoms with E-state index < -0.39 is 4.92 Å². The van der Waals surface area contributed by atoms with Gasteiger partial charge in [-0.25, -0.2) is 0 Å². The first kappa shape index (κ1) is 16.9. The highest BCUT2D eigenvalue weighted by atomic mass is 16.6. The Balaban J connectivity index is 2.30. The van der Waals surface area contributed by atoms with Crippen molar-refractivity contribution in [3.8, 4) is 0 Å². The van der Waals surface area contributed by atoms with Gasteiger partial charge >= 0.3 is 0 Å². The van der Waals surface area contributed by atoms with Crippen molar-refractivity contribution in [2.24, 2.45) is 16.3 Å². The Hall–Kier alpha value is -2.15. The zero-order chi connectivity index (χ0) is 15.9. The van der Waals surface area contributed by atoms with Gasteiger partial charge in [0.25, 0.3) is 5.69 Å². The van der Waals surface area contributed by atoms with Crippen LogP contribution in [0.1, 0.15) is 25.8 Å². The van der Waals surface area contributed by atoms with Gasteiger partial charge in [0.1, 0.15) is 5.84 Å². The number of nitrogens with zero attached hydrogens (tertiary/aromatic N) is 2. The highest BCUT2D eigenvalue weighted by Crippen LogP contribution is 2.19. The lowest BCUT2D eigenvalue weighted by Crippen LogP contribution is -2.35. The molecule has 0 unspecified atom stereocenters. The number of rotatable bonds is 8. The normalized spacial score (nSPS) is 12.4. The number of nitro benzene ring substituents is 1. The number of amidine groups is 1. The fourth-order valence-corrected chi connectivity index (χ4v) is 1.81. The van der Waals surface area contributed by atoms with Crippen LogP contribution in [-0.2, 0) is 6.42 Å². The molecule has 7 nitrogen and oxygen atoms in total. The molecule has 0 spiro atoms. The number of nitro groups is 1. The smallest absolute Gasteiger partial charge is 0.269 e. The van der Waals surface area contributed by atoms with Crippen LogP contribution in [-0.4, -0.2) is 29.1 Å². The summed E-state index contributed by atoms with van der Waals surface area (Å²) in [5, 5.41) is 25.5. The van der Waals surface area contributed by atoms with Crippen molar-refractivity contribution in [1.82, 2.24) is 5.32 Å². The van der Waals surface area contributed by atoms with E-state index in [1.54, 1.807) is 12.1 Å². The third kappa shape index (κ3) is 5.39. The van der Waals surface area contributed by atoms with Gasteiger partial charge in [0.2, 0.25) is 0 Å². The van der Waals surface area contributed by atoms with Crippen molar-refractivity contribution in [1.29, 1.82) is 0 Å². The summed E-state index contributed by atoms with van der Waals surface area (Å²) in [6.45, 7) is 5.35. The van der Waals surface area contributed by atoms with E-state index in [2.05, 4.69) is 10.5 Å². The highest BCUT2D eigenvalue weighted by molar-refractivity contribution is 5.85. The Morgan fingerprint density at radius 3 is 2.52 bits per heavy atom. The Kier molecular flexibility index (Phi) is 6.10. The SMILES string of the molecule is CC(C)(CCNCCc1ccc([N+](=O)[O-])cc1)C(N)=NO. The summed E-state index contributed by atoms with van der Waals surface area (Å²) in [6.07, 6.45) is 1.55. The van der Waals surface area contributed by atoms with Crippen LogP contribution < -0.4 is 11.1 Å². The number of benzene rings is 1. The highest BCUT2D eigenvalue weighted by Gasteiger charge is 2.22. The molecule has 0 aliphatic rings. The van der Waals surface area contributed by atoms with Crippen molar-refractivity contribution in [3.63, 3.8) is 0 Å². The van der Waals surface area contributed by atoms with Gasteiger partial charge < -0.3 is 16.3 Å². The van der Waals surface area contributed by atoms with Crippen LogP contribution in [0.25, 0.3) is 0 Å². The average Bonchev–Trinajstić information content (AvgIpc) is 2.46. The molecular formula is C14H22N4O3. The van der Waals surface area contributed by atoms with Crippen LogP contribution in [0.3, 0.4) is 0 Å². The second-order valence-electron chi connectivity index (χ2n) is 5.54. The summed E-state index contributed by atoms with van der Waals surface area (Å²) >= 11 is 0. The number of non-ortho nitro benzene ring substituents is 1. The molecule has 0 heterocycles. The molecule has 116 valence electrons. The lowest BCUT2D eigenvalue weighted by molar-refractivity contribution is -0.384. The minimum Gasteiger partial charge on any atom is -0.409 e. The van der Waals surface area contributed by atoms with Crippen molar-refractivity contribution >= 4 is 11.5 Å². The zero-order valence-corrected chi connectivity index (χ0v) is 12.4. The lowest BCUT2D eigenvalue weighted by Gasteiger charge is -2.22. The molecule has 1 aromatic carbocycles. The summed E-state index contributed by atoms with van der Waals surface area (Å²) < 4.78 is 0. The first-order valence-corrected chi connectivity index (χ1v) is 6.79. The maximum absolute atomic E-state index is 10.5. The summed E-state index contributed by atoms with van der Waals surface area (Å²) in [4.78, 5) is 10.1. The van der Waals surface area contributed by atoms with E-state index in [1.807, 2.05) is 13.8 Å². The van der Waals surface area contributed by atoms with Crippen LogP contribution in [0.5, 0.6) is 0 Å². The van der Waals surface area contributed by atoms with Crippen LogP contribution in [0.15, 0.2) is 29.4 Å². The van der Waals surface area contributed by atoms with E-state index in [-0.39, 0.29) is 16.9 Å². The number of oxime groups is 1. The zero-order valence-electron chi connectivity index (χ0n) is 12.4. The summed E-state index contributed by atoms with van der Waals surface area (Å²) in [6, 6.07) is 6.55. The Bertz CT molecular complexity index is 497. The molecule has 7 heteroatoms. The van der Waals surface area contributed by atoms with E-state index in [0.717, 1.165) is 31.5 Å². The third-order valence-electron chi connectivity index (χ3n) is 3.47. The van der Waals surface area contributed by atoms with Crippen molar-refractivity contribution < 1.29 is 10.1 Å². The second-order valence-corrected chi connectivity index (χ2v) is 5.54. The van der Waals surface area contributed by atoms with Gasteiger partial charge in [-0.05, 0) is 31.5 Å². The second kappa shape index (κ2) is 7.58. The maximum Gasteiger partial charge on any atom is 0.269 e. The molecule has 0 bridgehead atoms. The largest absolute Gasteiger partial charge is 0.409 e. The van der Waals surface area contributed by atoms with E-state index in [0.29, 0.717) is 0 Å². The molecule has 1 rings (SSSR count). The van der Waals surface area contributed by atoms with Gasteiger partial charge in [-0.3, -0.25) is 10.1 Å². The van der Waals surface area contributed by atoms with Gasteiger partial charge in [-0.1, -0.05) is 31.1 Å². The lowest BCUT2D eigenvalue weighted by atomic mass is 9.88. The molecule has 0 atom stereocenters. The number of hydrogen-bond acceptors (Lipinski definition) is 5. The summed E-state index contributed by atoms with van der Waals surface area (Å²) in [5.41, 5.74) is 6.41. The summed E-state index contributed by atoms with van der Waals surface area (Å²) in [7, 11) is 0. The molecule has 0 aliphatic carbocycles. The molecule has 0 aliphatic heterocycles. The van der Waals surface area contributed by atoms with Gasteiger partial charge in [-0.2, -0.15) is 0 Å². The first-order valence-electron chi connectivity index (χ1n) is 6.79. The van der Waals surface area contributed by atoms with E-state index in [1.165, 1.54) is 12.1 Å². The topological polar surface area (TPSA) is 114 Å². The fraction of sp³-hybridized carbons (Fsp3) is 0.500. The predicted molar refractivity (Wildman–Crippen MR) is 81.5 cm³/mol. The standard InChI is InChI=1S/C14H22N4O3/c1-14(2,13(15)17-19)8-10-16-9-7-11-3-5-12(6-4-11)18(20)21/h3-6,16,19H,7-10H2,1-2H3,(H2,15,17). The van der Waals surface area contributed by atoms with Crippen molar-refractivity contribution in [2.75, 3.05) is 13.1 Å². The van der Waals surface area contributed by atoms with E-state index in [9.17, 15) is 10.1 Å².